The van der Waals surface area contributed by atoms with Crippen molar-refractivity contribution in [1.29, 1.82) is 0 Å². The molecule has 4 aromatic carbocycles. The molecule has 5 nitrogen and oxygen atoms in total. The maximum atomic E-state index is 9.99. The minimum atomic E-state index is 0.249. The molecule has 2 unspecified atom stereocenters. The molecule has 0 bridgehead atoms. The standard InChI is InChI=1S/C31H33NO4/c1-21-19-32(20-22(2)36-21)15-16-35-28-11-3-23(4-12-28)17-31-29(24-5-8-26(33)9-6-24)13-7-25-18-27(34)10-14-30(25)31/h3-14,18,21-22,33-34H,15-17,19-20H2,1-2H3. The van der Waals surface area contributed by atoms with E-state index in [0.29, 0.717) is 6.61 Å². The van der Waals surface area contributed by atoms with Crippen molar-refractivity contribution in [2.24, 2.45) is 0 Å². The van der Waals surface area contributed by atoms with E-state index in [2.05, 4.69) is 36.9 Å². The quantitative estimate of drug-likeness (QED) is 0.338. The molecule has 1 aliphatic rings. The molecule has 0 aliphatic carbocycles. The van der Waals surface area contributed by atoms with E-state index in [1.165, 1.54) is 11.1 Å². The van der Waals surface area contributed by atoms with Crippen molar-refractivity contribution in [2.75, 3.05) is 26.2 Å². The van der Waals surface area contributed by atoms with E-state index in [0.717, 1.165) is 53.7 Å². The predicted octanol–water partition coefficient (Wildman–Crippen LogP) is 6.00. The van der Waals surface area contributed by atoms with E-state index >= 15 is 0 Å². The summed E-state index contributed by atoms with van der Waals surface area (Å²) < 4.78 is 11.8. The molecular weight excluding hydrogens is 450 g/mol. The monoisotopic (exact) mass is 483 g/mol. The van der Waals surface area contributed by atoms with Gasteiger partial charge in [-0.2, -0.15) is 0 Å². The van der Waals surface area contributed by atoms with Crippen LogP contribution in [0.1, 0.15) is 25.0 Å². The van der Waals surface area contributed by atoms with Gasteiger partial charge in [0.25, 0.3) is 0 Å². The number of hydrogen-bond donors (Lipinski definition) is 2. The second-order valence-electron chi connectivity index (χ2n) is 9.73. The fourth-order valence-electron chi connectivity index (χ4n) is 5.15. The molecule has 1 saturated heterocycles. The normalized spacial score (nSPS) is 18.4. The average molecular weight is 484 g/mol. The Morgan fingerprint density at radius 3 is 2.25 bits per heavy atom. The Bertz CT molecular complexity index is 1310. The van der Waals surface area contributed by atoms with E-state index in [9.17, 15) is 10.2 Å². The first kappa shape index (κ1) is 24.2. The summed E-state index contributed by atoms with van der Waals surface area (Å²) in [6.07, 6.45) is 1.26. The van der Waals surface area contributed by atoms with Crippen LogP contribution in [0.4, 0.5) is 0 Å². The molecule has 0 aromatic heterocycles. The van der Waals surface area contributed by atoms with Crippen LogP contribution in [0.5, 0.6) is 17.2 Å². The van der Waals surface area contributed by atoms with E-state index in [4.69, 9.17) is 9.47 Å². The molecule has 2 atom stereocenters. The van der Waals surface area contributed by atoms with E-state index < -0.39 is 0 Å². The van der Waals surface area contributed by atoms with Crippen molar-refractivity contribution < 1.29 is 19.7 Å². The van der Waals surface area contributed by atoms with Crippen LogP contribution in [0.3, 0.4) is 0 Å². The summed E-state index contributed by atoms with van der Waals surface area (Å²) >= 11 is 0. The largest absolute Gasteiger partial charge is 0.508 e. The highest BCUT2D eigenvalue weighted by atomic mass is 16.5. The number of morpholine rings is 1. The Balaban J connectivity index is 1.33. The predicted molar refractivity (Wildman–Crippen MR) is 144 cm³/mol. The van der Waals surface area contributed by atoms with Gasteiger partial charge < -0.3 is 19.7 Å². The van der Waals surface area contributed by atoms with E-state index in [-0.39, 0.29) is 23.7 Å². The first-order valence-electron chi connectivity index (χ1n) is 12.6. The maximum Gasteiger partial charge on any atom is 0.119 e. The van der Waals surface area contributed by atoms with E-state index in [1.807, 2.05) is 36.4 Å². The zero-order valence-corrected chi connectivity index (χ0v) is 20.9. The van der Waals surface area contributed by atoms with Gasteiger partial charge in [0, 0.05) is 19.6 Å². The number of benzene rings is 4. The van der Waals surface area contributed by atoms with Gasteiger partial charge in [0.1, 0.15) is 23.9 Å². The van der Waals surface area contributed by atoms with Gasteiger partial charge >= 0.3 is 0 Å². The minimum absolute atomic E-state index is 0.249. The Morgan fingerprint density at radius 2 is 1.53 bits per heavy atom. The van der Waals surface area contributed by atoms with Crippen LogP contribution < -0.4 is 4.74 Å². The highest BCUT2D eigenvalue weighted by Gasteiger charge is 2.21. The smallest absolute Gasteiger partial charge is 0.119 e. The third-order valence-electron chi connectivity index (χ3n) is 6.77. The van der Waals surface area contributed by atoms with Crippen molar-refractivity contribution in [2.45, 2.75) is 32.5 Å². The molecule has 0 spiro atoms. The number of rotatable bonds is 7. The fourth-order valence-corrected chi connectivity index (χ4v) is 5.15. The number of nitrogens with zero attached hydrogens (tertiary/aromatic N) is 1. The molecule has 0 saturated carbocycles. The summed E-state index contributed by atoms with van der Waals surface area (Å²) in [7, 11) is 0. The zero-order chi connectivity index (χ0) is 25.1. The van der Waals surface area contributed by atoms with Gasteiger partial charge in [0.2, 0.25) is 0 Å². The summed E-state index contributed by atoms with van der Waals surface area (Å²) in [5, 5.41) is 21.8. The number of phenolic OH excluding ortho intramolecular Hbond substituents is 2. The van der Waals surface area contributed by atoms with Gasteiger partial charge in [0.15, 0.2) is 0 Å². The third kappa shape index (κ3) is 5.64. The molecule has 0 amide bonds. The van der Waals surface area contributed by atoms with E-state index in [1.54, 1.807) is 24.3 Å². The molecular formula is C31H33NO4. The van der Waals surface area contributed by atoms with Crippen molar-refractivity contribution in [1.82, 2.24) is 4.90 Å². The Kier molecular flexibility index (Phi) is 7.12. The van der Waals surface area contributed by atoms with Crippen LogP contribution in [-0.4, -0.2) is 53.6 Å². The summed E-state index contributed by atoms with van der Waals surface area (Å²) in [5.41, 5.74) is 4.52. The third-order valence-corrected chi connectivity index (χ3v) is 6.77. The summed E-state index contributed by atoms with van der Waals surface area (Å²) in [6, 6.07) is 25.3. The summed E-state index contributed by atoms with van der Waals surface area (Å²) in [4.78, 5) is 2.40. The van der Waals surface area contributed by atoms with Crippen LogP contribution in [0, 0.1) is 0 Å². The first-order valence-corrected chi connectivity index (χ1v) is 12.6. The molecule has 186 valence electrons. The van der Waals surface area contributed by atoms with Gasteiger partial charge in [-0.15, -0.1) is 0 Å². The summed E-state index contributed by atoms with van der Waals surface area (Å²) in [5.74, 6) is 1.38. The van der Waals surface area contributed by atoms with Crippen LogP contribution in [0.2, 0.25) is 0 Å². The molecule has 36 heavy (non-hydrogen) atoms. The molecule has 1 fully saturated rings. The van der Waals surface area contributed by atoms with Crippen molar-refractivity contribution in [3.05, 3.63) is 90.0 Å². The van der Waals surface area contributed by atoms with Crippen molar-refractivity contribution in [3.8, 4) is 28.4 Å². The number of phenols is 2. The van der Waals surface area contributed by atoms with Gasteiger partial charge in [-0.3, -0.25) is 4.90 Å². The molecule has 2 N–H and O–H groups in total. The maximum absolute atomic E-state index is 9.99. The number of ether oxygens (including phenoxy) is 2. The lowest BCUT2D eigenvalue weighted by atomic mass is 9.90. The van der Waals surface area contributed by atoms with Crippen molar-refractivity contribution >= 4 is 10.8 Å². The Morgan fingerprint density at radius 1 is 0.833 bits per heavy atom. The first-order chi connectivity index (χ1) is 17.4. The fraction of sp³-hybridized carbons (Fsp3) is 0.290. The lowest BCUT2D eigenvalue weighted by Crippen LogP contribution is -2.46. The minimum Gasteiger partial charge on any atom is -0.508 e. The van der Waals surface area contributed by atoms with Crippen LogP contribution in [-0.2, 0) is 11.2 Å². The number of fused-ring (bicyclic) bond motifs is 1. The molecule has 5 rings (SSSR count). The molecule has 1 aliphatic heterocycles. The van der Waals surface area contributed by atoms with Gasteiger partial charge in [-0.25, -0.2) is 0 Å². The van der Waals surface area contributed by atoms with Crippen LogP contribution in [0.15, 0.2) is 78.9 Å². The van der Waals surface area contributed by atoms with Gasteiger partial charge in [-0.05, 0) is 89.7 Å². The highest BCUT2D eigenvalue weighted by Crippen LogP contribution is 2.34. The Labute approximate surface area is 212 Å². The number of aromatic hydroxyl groups is 2. The molecule has 5 heteroatoms. The lowest BCUT2D eigenvalue weighted by molar-refractivity contribution is -0.0699. The molecule has 0 radical (unpaired) electrons. The van der Waals surface area contributed by atoms with Crippen LogP contribution >= 0.6 is 0 Å². The molecule has 1 heterocycles. The second-order valence-corrected chi connectivity index (χ2v) is 9.73. The Hall–Kier alpha value is -3.54. The van der Waals surface area contributed by atoms with Crippen molar-refractivity contribution in [3.63, 3.8) is 0 Å². The van der Waals surface area contributed by atoms with Gasteiger partial charge in [-0.1, -0.05) is 42.5 Å². The summed E-state index contributed by atoms with van der Waals surface area (Å²) in [6.45, 7) is 7.66. The number of hydrogen-bond acceptors (Lipinski definition) is 5. The SMILES string of the molecule is CC1CN(CCOc2ccc(Cc3c(-c4ccc(O)cc4)ccc4cc(O)ccc34)cc2)CC(C)O1. The average Bonchev–Trinajstić information content (AvgIpc) is 2.85. The van der Waals surface area contributed by atoms with Gasteiger partial charge in [0.05, 0.1) is 12.2 Å². The zero-order valence-electron chi connectivity index (χ0n) is 20.9. The second kappa shape index (κ2) is 10.6. The lowest BCUT2D eigenvalue weighted by Gasteiger charge is -2.35. The topological polar surface area (TPSA) is 62.2 Å². The highest BCUT2D eigenvalue weighted by molar-refractivity contribution is 5.93. The van der Waals surface area contributed by atoms with Crippen LogP contribution in [0.25, 0.3) is 21.9 Å². The molecule has 4 aromatic rings.